The SMILES string of the molecule is Cc1ccc(SC(C)C(=O)Nc2ccc3c(c2)oc2ccccc23)cc1. The summed E-state index contributed by atoms with van der Waals surface area (Å²) in [5, 5.41) is 4.94. The van der Waals surface area contributed by atoms with Crippen LogP contribution in [0.15, 0.2) is 76.0 Å². The average Bonchev–Trinajstić information content (AvgIpc) is 3.01. The van der Waals surface area contributed by atoms with Crippen LogP contribution in [-0.4, -0.2) is 11.2 Å². The van der Waals surface area contributed by atoms with Gasteiger partial charge in [-0.25, -0.2) is 0 Å². The predicted octanol–water partition coefficient (Wildman–Crippen LogP) is 6.01. The molecular formula is C22H19NO2S. The fraction of sp³-hybridized carbons (Fsp3) is 0.136. The summed E-state index contributed by atoms with van der Waals surface area (Å²) < 4.78 is 5.89. The van der Waals surface area contributed by atoms with Crippen LogP contribution < -0.4 is 5.32 Å². The number of thioether (sulfide) groups is 1. The number of hydrogen-bond donors (Lipinski definition) is 1. The minimum absolute atomic E-state index is 0.0222. The Bertz CT molecular complexity index is 1080. The lowest BCUT2D eigenvalue weighted by molar-refractivity contribution is -0.115. The molecule has 0 saturated carbocycles. The predicted molar refractivity (Wildman–Crippen MR) is 109 cm³/mol. The molecule has 1 N–H and O–H groups in total. The van der Waals surface area contributed by atoms with Crippen molar-refractivity contribution in [3.63, 3.8) is 0 Å². The minimum atomic E-state index is -0.191. The third-order valence-corrected chi connectivity index (χ3v) is 5.46. The van der Waals surface area contributed by atoms with Crippen LogP contribution in [0.4, 0.5) is 5.69 Å². The summed E-state index contributed by atoms with van der Waals surface area (Å²) >= 11 is 1.55. The van der Waals surface area contributed by atoms with Gasteiger partial charge in [-0.1, -0.05) is 35.9 Å². The molecule has 0 bridgehead atoms. The van der Waals surface area contributed by atoms with E-state index >= 15 is 0 Å². The van der Waals surface area contributed by atoms with Crippen LogP contribution in [0.3, 0.4) is 0 Å². The van der Waals surface area contributed by atoms with Crippen LogP contribution in [-0.2, 0) is 4.79 Å². The zero-order chi connectivity index (χ0) is 18.1. The topological polar surface area (TPSA) is 42.2 Å². The molecule has 1 aromatic heterocycles. The number of aryl methyl sites for hydroxylation is 1. The van der Waals surface area contributed by atoms with Crippen LogP contribution >= 0.6 is 11.8 Å². The van der Waals surface area contributed by atoms with Gasteiger partial charge in [0.25, 0.3) is 0 Å². The zero-order valence-corrected chi connectivity index (χ0v) is 15.5. The van der Waals surface area contributed by atoms with Crippen molar-refractivity contribution >= 4 is 45.3 Å². The number of carbonyl (C=O) groups excluding carboxylic acids is 1. The Hall–Kier alpha value is -2.72. The molecule has 26 heavy (non-hydrogen) atoms. The van der Waals surface area contributed by atoms with Gasteiger partial charge in [0.2, 0.25) is 5.91 Å². The van der Waals surface area contributed by atoms with E-state index in [4.69, 9.17) is 4.42 Å². The lowest BCUT2D eigenvalue weighted by atomic mass is 10.1. The third kappa shape index (κ3) is 3.33. The largest absolute Gasteiger partial charge is 0.456 e. The molecule has 4 heteroatoms. The van der Waals surface area contributed by atoms with Crippen LogP contribution in [0.1, 0.15) is 12.5 Å². The first-order valence-corrected chi connectivity index (χ1v) is 9.43. The Morgan fingerprint density at radius 3 is 2.50 bits per heavy atom. The smallest absolute Gasteiger partial charge is 0.237 e. The highest BCUT2D eigenvalue weighted by Gasteiger charge is 2.15. The summed E-state index contributed by atoms with van der Waals surface area (Å²) in [5.74, 6) is -0.0222. The molecule has 0 fully saturated rings. The van der Waals surface area contributed by atoms with Crippen molar-refractivity contribution in [2.75, 3.05) is 5.32 Å². The Morgan fingerprint density at radius 1 is 0.962 bits per heavy atom. The number of benzene rings is 3. The second kappa shape index (κ2) is 6.89. The standard InChI is InChI=1S/C22H19NO2S/c1-14-7-10-17(11-8-14)26-15(2)22(24)23-16-9-12-19-18-5-3-4-6-20(18)25-21(19)13-16/h3-13,15H,1-2H3,(H,23,24). The number of amides is 1. The monoisotopic (exact) mass is 361 g/mol. The normalized spacial score (nSPS) is 12.4. The van der Waals surface area contributed by atoms with E-state index in [0.717, 1.165) is 32.5 Å². The van der Waals surface area contributed by atoms with Crippen molar-refractivity contribution < 1.29 is 9.21 Å². The van der Waals surface area contributed by atoms with Crippen LogP contribution in [0.2, 0.25) is 0 Å². The number of furan rings is 1. The number of carbonyl (C=O) groups is 1. The molecule has 0 aliphatic rings. The maximum Gasteiger partial charge on any atom is 0.237 e. The van der Waals surface area contributed by atoms with Crippen molar-refractivity contribution in [1.29, 1.82) is 0 Å². The molecule has 0 radical (unpaired) electrons. The number of nitrogens with one attached hydrogen (secondary N) is 1. The number of fused-ring (bicyclic) bond motifs is 3. The highest BCUT2D eigenvalue weighted by Crippen LogP contribution is 2.31. The summed E-state index contributed by atoms with van der Waals surface area (Å²) in [6, 6.07) is 22.0. The number of hydrogen-bond acceptors (Lipinski definition) is 3. The molecule has 1 heterocycles. The summed E-state index contributed by atoms with van der Waals surface area (Å²) in [6.45, 7) is 3.97. The van der Waals surface area contributed by atoms with Crippen molar-refractivity contribution in [3.8, 4) is 0 Å². The highest BCUT2D eigenvalue weighted by molar-refractivity contribution is 8.00. The number of rotatable bonds is 4. The van der Waals surface area contributed by atoms with Gasteiger partial charge in [0.1, 0.15) is 11.2 Å². The van der Waals surface area contributed by atoms with Crippen LogP contribution in [0.5, 0.6) is 0 Å². The van der Waals surface area contributed by atoms with Gasteiger partial charge in [-0.05, 0) is 44.2 Å². The molecule has 0 saturated heterocycles. The summed E-state index contributed by atoms with van der Waals surface area (Å²) in [5.41, 5.74) is 3.60. The zero-order valence-electron chi connectivity index (χ0n) is 14.7. The first kappa shape index (κ1) is 16.7. The molecule has 4 rings (SSSR count). The van der Waals surface area contributed by atoms with E-state index in [1.54, 1.807) is 11.8 Å². The van der Waals surface area contributed by atoms with Gasteiger partial charge in [0, 0.05) is 27.4 Å². The highest BCUT2D eigenvalue weighted by atomic mass is 32.2. The lowest BCUT2D eigenvalue weighted by Gasteiger charge is -2.12. The molecule has 4 aromatic rings. The van der Waals surface area contributed by atoms with Crippen LogP contribution in [0.25, 0.3) is 21.9 Å². The first-order valence-electron chi connectivity index (χ1n) is 8.55. The maximum atomic E-state index is 12.5. The molecule has 1 amide bonds. The van der Waals surface area contributed by atoms with E-state index in [9.17, 15) is 4.79 Å². The summed E-state index contributed by atoms with van der Waals surface area (Å²) in [4.78, 5) is 13.6. The molecule has 1 unspecified atom stereocenters. The maximum absolute atomic E-state index is 12.5. The number of anilines is 1. The average molecular weight is 361 g/mol. The summed E-state index contributed by atoms with van der Waals surface area (Å²) in [6.07, 6.45) is 0. The molecule has 130 valence electrons. The molecule has 1 atom stereocenters. The Balaban J connectivity index is 1.51. The van der Waals surface area contributed by atoms with Gasteiger partial charge in [0.05, 0.1) is 5.25 Å². The molecule has 0 aliphatic heterocycles. The Kier molecular flexibility index (Phi) is 4.43. The van der Waals surface area contributed by atoms with Crippen molar-refractivity contribution in [3.05, 3.63) is 72.3 Å². The fourth-order valence-corrected chi connectivity index (χ4v) is 3.79. The molecule has 0 spiro atoms. The van der Waals surface area contributed by atoms with Crippen LogP contribution in [0, 0.1) is 6.92 Å². The minimum Gasteiger partial charge on any atom is -0.456 e. The van der Waals surface area contributed by atoms with Gasteiger partial charge >= 0.3 is 0 Å². The van der Waals surface area contributed by atoms with Gasteiger partial charge < -0.3 is 9.73 Å². The first-order chi connectivity index (χ1) is 12.6. The molecular weight excluding hydrogens is 342 g/mol. The van der Waals surface area contributed by atoms with E-state index < -0.39 is 0 Å². The fourth-order valence-electron chi connectivity index (χ4n) is 2.92. The third-order valence-electron chi connectivity index (χ3n) is 4.35. The number of para-hydroxylation sites is 1. The van der Waals surface area contributed by atoms with Crippen molar-refractivity contribution in [2.45, 2.75) is 24.0 Å². The quantitative estimate of drug-likeness (QED) is 0.452. The molecule has 3 nitrogen and oxygen atoms in total. The van der Waals surface area contributed by atoms with Crippen molar-refractivity contribution in [2.24, 2.45) is 0 Å². The van der Waals surface area contributed by atoms with Gasteiger partial charge in [0.15, 0.2) is 0 Å². The second-order valence-electron chi connectivity index (χ2n) is 6.37. The Labute approximate surface area is 156 Å². The van der Waals surface area contributed by atoms with Crippen molar-refractivity contribution in [1.82, 2.24) is 0 Å². The molecule has 3 aromatic carbocycles. The molecule has 0 aliphatic carbocycles. The van der Waals surface area contributed by atoms with Gasteiger partial charge in [-0.3, -0.25) is 4.79 Å². The van der Waals surface area contributed by atoms with E-state index in [0.29, 0.717) is 0 Å². The van der Waals surface area contributed by atoms with E-state index in [1.165, 1.54) is 5.56 Å². The van der Waals surface area contributed by atoms with Gasteiger partial charge in [-0.15, -0.1) is 11.8 Å². The lowest BCUT2D eigenvalue weighted by Crippen LogP contribution is -2.22. The Morgan fingerprint density at radius 2 is 1.69 bits per heavy atom. The van der Waals surface area contributed by atoms with Gasteiger partial charge in [-0.2, -0.15) is 0 Å². The van der Waals surface area contributed by atoms with E-state index in [1.807, 2.05) is 61.5 Å². The summed E-state index contributed by atoms with van der Waals surface area (Å²) in [7, 11) is 0. The van der Waals surface area contributed by atoms with E-state index in [2.05, 4.69) is 24.4 Å². The van der Waals surface area contributed by atoms with E-state index in [-0.39, 0.29) is 11.2 Å². The second-order valence-corrected chi connectivity index (χ2v) is 7.79.